The first-order valence-electron chi connectivity index (χ1n) is 11.5. The van der Waals surface area contributed by atoms with E-state index in [1.807, 2.05) is 34.6 Å². The van der Waals surface area contributed by atoms with Crippen molar-refractivity contribution in [2.75, 3.05) is 49.6 Å². The Hall–Kier alpha value is -2.02. The summed E-state index contributed by atoms with van der Waals surface area (Å²) in [6, 6.07) is 6.96. The summed E-state index contributed by atoms with van der Waals surface area (Å²) in [5.74, 6) is 1.07. The minimum Gasteiger partial charge on any atom is -0.616 e. The number of amides is 2. The highest BCUT2D eigenvalue weighted by Gasteiger charge is 2.23. The predicted molar refractivity (Wildman–Crippen MR) is 149 cm³/mol. The van der Waals surface area contributed by atoms with Crippen LogP contribution in [0.3, 0.4) is 0 Å². The summed E-state index contributed by atoms with van der Waals surface area (Å²) in [5, 5.41) is 3.33. The number of pyridine rings is 1. The molecule has 3 heterocycles. The average molecular weight is 631 g/mol. The molecule has 1 saturated heterocycles. The molecular formula is C24H26BrCl2N5O4S. The molecule has 4 rings (SSSR count). The monoisotopic (exact) mass is 629 g/mol. The predicted octanol–water partition coefficient (Wildman–Crippen LogP) is 3.43. The lowest BCUT2D eigenvalue weighted by molar-refractivity contribution is -0.125. The highest BCUT2D eigenvalue weighted by molar-refractivity contribution is 9.10. The van der Waals surface area contributed by atoms with Gasteiger partial charge in [0.25, 0.3) is 0 Å². The third-order valence-corrected chi connectivity index (χ3v) is 9.07. The van der Waals surface area contributed by atoms with Crippen molar-refractivity contribution in [3.63, 3.8) is 0 Å². The van der Waals surface area contributed by atoms with Gasteiger partial charge < -0.3 is 19.5 Å². The summed E-state index contributed by atoms with van der Waals surface area (Å²) in [7, 11) is 1.58. The van der Waals surface area contributed by atoms with Crippen LogP contribution in [0.15, 0.2) is 35.1 Å². The molecule has 2 aromatic heterocycles. The molecule has 0 unspecified atom stereocenters. The number of aryl methyl sites for hydroxylation is 1. The number of likely N-dealkylation sites (N-methyl/N-ethyl adjacent to an activating group) is 1. The molecule has 9 nitrogen and oxygen atoms in total. The van der Waals surface area contributed by atoms with Crippen LogP contribution in [0.4, 0.5) is 5.69 Å². The summed E-state index contributed by atoms with van der Waals surface area (Å²) < 4.78 is 20.2. The molecule has 0 spiro atoms. The van der Waals surface area contributed by atoms with E-state index in [0.717, 1.165) is 10.3 Å². The van der Waals surface area contributed by atoms with E-state index in [4.69, 9.17) is 27.9 Å². The van der Waals surface area contributed by atoms with Crippen LogP contribution in [0.1, 0.15) is 11.3 Å². The number of benzene rings is 1. The van der Waals surface area contributed by atoms with Crippen molar-refractivity contribution in [2.45, 2.75) is 13.5 Å². The fraction of sp³-hybridized carbons (Fsp3) is 0.375. The molecule has 1 aromatic carbocycles. The molecule has 0 radical (unpaired) electrons. The number of carbonyl (C=O) groups excluding carboxylic acids is 2. The second kappa shape index (κ2) is 12.2. The highest BCUT2D eigenvalue weighted by atomic mass is 79.9. The summed E-state index contributed by atoms with van der Waals surface area (Å²) in [6.45, 7) is 3.14. The Morgan fingerprint density at radius 1 is 1.27 bits per heavy atom. The Labute approximate surface area is 236 Å². The number of nitrogens with zero attached hydrogens (tertiary/aromatic N) is 4. The maximum Gasteiger partial charge on any atom is 0.246 e. The smallest absolute Gasteiger partial charge is 0.246 e. The van der Waals surface area contributed by atoms with Crippen LogP contribution in [0, 0.1) is 6.92 Å². The molecule has 3 aromatic rings. The zero-order valence-corrected chi connectivity index (χ0v) is 24.2. The first kappa shape index (κ1) is 28.0. The van der Waals surface area contributed by atoms with E-state index in [1.165, 1.54) is 4.90 Å². The third-order valence-electron chi connectivity index (χ3n) is 6.06. The van der Waals surface area contributed by atoms with Crippen LogP contribution in [-0.4, -0.2) is 75.4 Å². The first-order valence-corrected chi connectivity index (χ1v) is 14.5. The molecule has 0 aliphatic carbocycles. The molecule has 13 heteroatoms. The maximum atomic E-state index is 12.8. The van der Waals surface area contributed by atoms with Gasteiger partial charge in [-0.25, -0.2) is 4.98 Å². The van der Waals surface area contributed by atoms with Gasteiger partial charge in [-0.05, 0) is 47.1 Å². The number of carbonyl (C=O) groups is 2. The standard InChI is InChI=1S/C24H26BrCl2N5O4S/c1-15-23(25)32-7-3-4-19(24(32)29-15)36-14-16-17(26)5-6-18(22(16)27)30(2)21(34)12-28-20(33)13-31-8-10-37(35)11-9-31/h3-7H,8-14H2,1-2H3,(H,28,33). The molecule has 198 valence electrons. The molecule has 37 heavy (non-hydrogen) atoms. The van der Waals surface area contributed by atoms with Gasteiger partial charge in [-0.3, -0.25) is 18.9 Å². The average Bonchev–Trinajstić information content (AvgIpc) is 3.17. The molecular weight excluding hydrogens is 605 g/mol. The number of fused-ring (bicyclic) bond motifs is 1. The second-order valence-corrected chi connectivity index (χ2v) is 11.8. The topological polar surface area (TPSA) is 102 Å². The number of rotatable bonds is 8. The minimum atomic E-state index is -0.810. The van der Waals surface area contributed by atoms with Crippen LogP contribution in [0.5, 0.6) is 5.75 Å². The Morgan fingerprint density at radius 2 is 2.00 bits per heavy atom. The number of hydrogen-bond acceptors (Lipinski definition) is 6. The number of hydrogen-bond donors (Lipinski definition) is 1. The van der Waals surface area contributed by atoms with Crippen LogP contribution >= 0.6 is 39.1 Å². The van der Waals surface area contributed by atoms with Gasteiger partial charge in [-0.2, -0.15) is 0 Å². The van der Waals surface area contributed by atoms with E-state index >= 15 is 0 Å². The number of ether oxygens (including phenoxy) is 1. The largest absolute Gasteiger partial charge is 0.616 e. The van der Waals surface area contributed by atoms with E-state index in [0.29, 0.717) is 52.3 Å². The quantitative estimate of drug-likeness (QED) is 0.383. The number of aromatic nitrogens is 2. The lowest BCUT2D eigenvalue weighted by Gasteiger charge is -2.27. The van der Waals surface area contributed by atoms with Gasteiger partial charge in [-0.1, -0.05) is 34.4 Å². The van der Waals surface area contributed by atoms with E-state index in [2.05, 4.69) is 26.2 Å². The lowest BCUT2D eigenvalue weighted by atomic mass is 10.2. The summed E-state index contributed by atoms with van der Waals surface area (Å²) in [5.41, 5.74) is 2.45. The van der Waals surface area contributed by atoms with Gasteiger partial charge in [0.05, 0.1) is 29.5 Å². The molecule has 1 fully saturated rings. The van der Waals surface area contributed by atoms with Crippen LogP contribution in [0.2, 0.25) is 10.0 Å². The normalized spacial score (nSPS) is 14.6. The Balaban J connectivity index is 1.40. The number of anilines is 1. The zero-order chi connectivity index (χ0) is 26.7. The van der Waals surface area contributed by atoms with Crippen molar-refractivity contribution >= 4 is 73.5 Å². The summed E-state index contributed by atoms with van der Waals surface area (Å²) in [6.07, 6.45) is 1.88. The zero-order valence-electron chi connectivity index (χ0n) is 20.3. The molecule has 0 atom stereocenters. The SMILES string of the molecule is Cc1nc2c(OCc3c(Cl)ccc(N(C)C(=O)CNC(=O)CN4CC[S+]([O-])CC4)c3Cl)cccn2c1Br. The van der Waals surface area contributed by atoms with Crippen LogP contribution in [0.25, 0.3) is 5.65 Å². The third kappa shape index (κ3) is 6.52. The molecule has 1 aliphatic rings. The fourth-order valence-electron chi connectivity index (χ4n) is 3.89. The summed E-state index contributed by atoms with van der Waals surface area (Å²) >= 11 is 15.8. The van der Waals surface area contributed by atoms with E-state index in [9.17, 15) is 14.1 Å². The van der Waals surface area contributed by atoms with E-state index in [1.54, 1.807) is 19.2 Å². The van der Waals surface area contributed by atoms with Crippen molar-refractivity contribution < 1.29 is 18.9 Å². The van der Waals surface area contributed by atoms with E-state index in [-0.39, 0.29) is 36.5 Å². The fourth-order valence-corrected chi connectivity index (χ4v) is 6.00. The maximum absolute atomic E-state index is 12.8. The van der Waals surface area contributed by atoms with Gasteiger partial charge >= 0.3 is 0 Å². The van der Waals surface area contributed by atoms with Gasteiger partial charge in [0.2, 0.25) is 11.8 Å². The van der Waals surface area contributed by atoms with E-state index < -0.39 is 11.2 Å². The first-order chi connectivity index (χ1) is 17.7. The Bertz CT molecular complexity index is 1320. The number of nitrogens with one attached hydrogen (secondary N) is 1. The number of halogens is 3. The summed E-state index contributed by atoms with van der Waals surface area (Å²) in [4.78, 5) is 32.9. The minimum absolute atomic E-state index is 0.0636. The van der Waals surface area contributed by atoms with Crippen molar-refractivity contribution in [3.8, 4) is 5.75 Å². The molecule has 1 aliphatic heterocycles. The lowest BCUT2D eigenvalue weighted by Crippen LogP contribution is -2.47. The van der Waals surface area contributed by atoms with Gasteiger partial charge in [0, 0.05) is 36.9 Å². The molecule has 0 saturated carbocycles. The molecule has 1 N–H and O–H groups in total. The van der Waals surface area contributed by atoms with Crippen LogP contribution < -0.4 is 15.0 Å². The Kier molecular flexibility index (Phi) is 9.25. The van der Waals surface area contributed by atoms with Gasteiger partial charge in [0.1, 0.15) is 22.7 Å². The van der Waals surface area contributed by atoms with Crippen molar-refractivity contribution in [2.24, 2.45) is 0 Å². The molecule has 0 bridgehead atoms. The Morgan fingerprint density at radius 3 is 2.73 bits per heavy atom. The number of imidazole rings is 1. The van der Waals surface area contributed by atoms with Crippen LogP contribution in [-0.2, 0) is 27.4 Å². The molecule has 2 amide bonds. The highest BCUT2D eigenvalue weighted by Crippen LogP contribution is 2.35. The van der Waals surface area contributed by atoms with Crippen molar-refractivity contribution in [3.05, 3.63) is 56.4 Å². The van der Waals surface area contributed by atoms with Crippen molar-refractivity contribution in [1.29, 1.82) is 0 Å². The second-order valence-electron chi connectivity index (χ2n) is 8.56. The van der Waals surface area contributed by atoms with Crippen molar-refractivity contribution in [1.82, 2.24) is 19.6 Å². The van der Waals surface area contributed by atoms with Gasteiger partial charge in [-0.15, -0.1) is 0 Å². The van der Waals surface area contributed by atoms with Gasteiger partial charge in [0.15, 0.2) is 11.4 Å².